The van der Waals surface area contributed by atoms with Gasteiger partial charge in [0.15, 0.2) is 0 Å². The fourth-order valence-corrected chi connectivity index (χ4v) is 3.76. The third-order valence-corrected chi connectivity index (χ3v) is 5.52. The summed E-state index contributed by atoms with van der Waals surface area (Å²) in [5, 5.41) is 2.66. The van der Waals surface area contributed by atoms with Crippen LogP contribution in [0.3, 0.4) is 0 Å². The average molecular weight is 523 g/mol. The molecule has 6 nitrogen and oxygen atoms in total. The number of fused-ring (bicyclic) bond motifs is 1. The maximum atomic E-state index is 14.3. The monoisotopic (exact) mass is 522 g/mol. The maximum Gasteiger partial charge on any atom is 0.427 e. The van der Waals surface area contributed by atoms with Gasteiger partial charge in [0.2, 0.25) is 0 Å². The van der Waals surface area contributed by atoms with Crippen LogP contribution >= 0.6 is 23.2 Å². The van der Waals surface area contributed by atoms with E-state index in [-0.39, 0.29) is 21.3 Å². The van der Waals surface area contributed by atoms with Crippen LogP contribution in [0.4, 0.5) is 32.2 Å². The summed E-state index contributed by atoms with van der Waals surface area (Å²) in [4.78, 5) is 29.6. The first-order chi connectivity index (χ1) is 15.8. The van der Waals surface area contributed by atoms with Crippen LogP contribution in [0.1, 0.15) is 11.1 Å². The Labute approximate surface area is 195 Å². The Kier molecular flexibility index (Phi) is 5.56. The minimum atomic E-state index is -6.12. The van der Waals surface area contributed by atoms with E-state index in [4.69, 9.17) is 23.2 Å². The number of anilines is 1. The molecule has 1 aliphatic rings. The fourth-order valence-electron chi connectivity index (χ4n) is 3.51. The van der Waals surface area contributed by atoms with Gasteiger partial charge in [-0.15, -0.1) is 0 Å². The van der Waals surface area contributed by atoms with Gasteiger partial charge in [-0.3, -0.25) is 9.78 Å². The largest absolute Gasteiger partial charge is 0.427 e. The van der Waals surface area contributed by atoms with Crippen molar-refractivity contribution in [2.45, 2.75) is 17.9 Å². The number of aromatic nitrogens is 2. The first kappa shape index (κ1) is 23.9. The number of hydrogen-bond donors (Lipinski definition) is 2. The fraction of sp³-hybridized carbons (Fsp3) is 0.150. The SMILES string of the molecule is O=c1[nH]c(=O)n(-c2ccc(Cl)cc2)c2c1C(C(F)(F)F)(C(F)(F)F)N=C(c1ccc(Cl)cc1)N2. The van der Waals surface area contributed by atoms with Crippen LogP contribution < -0.4 is 16.6 Å². The van der Waals surface area contributed by atoms with Crippen molar-refractivity contribution in [2.75, 3.05) is 5.32 Å². The van der Waals surface area contributed by atoms with Crippen molar-refractivity contribution in [3.63, 3.8) is 0 Å². The van der Waals surface area contributed by atoms with Crippen molar-refractivity contribution in [1.82, 2.24) is 9.55 Å². The Morgan fingerprint density at radius 3 is 1.82 bits per heavy atom. The minimum absolute atomic E-state index is 0.160. The van der Waals surface area contributed by atoms with Crippen molar-refractivity contribution < 1.29 is 26.3 Å². The van der Waals surface area contributed by atoms with Crippen LogP contribution in [0.2, 0.25) is 10.0 Å². The van der Waals surface area contributed by atoms with E-state index in [0.29, 0.717) is 4.57 Å². The average Bonchev–Trinajstić information content (AvgIpc) is 2.73. The second-order valence-corrected chi connectivity index (χ2v) is 7.97. The Hall–Kier alpha value is -3.25. The van der Waals surface area contributed by atoms with Crippen LogP contribution in [-0.4, -0.2) is 27.7 Å². The molecule has 34 heavy (non-hydrogen) atoms. The molecular formula is C20H10Cl2F6N4O2. The highest BCUT2D eigenvalue weighted by Gasteiger charge is 2.75. The number of alkyl halides is 6. The highest BCUT2D eigenvalue weighted by molar-refractivity contribution is 6.31. The van der Waals surface area contributed by atoms with Gasteiger partial charge in [0.05, 0.1) is 5.69 Å². The molecule has 0 spiro atoms. The molecule has 178 valence electrons. The van der Waals surface area contributed by atoms with Gasteiger partial charge in [-0.2, -0.15) is 26.3 Å². The van der Waals surface area contributed by atoms with Gasteiger partial charge in [-0.25, -0.2) is 14.4 Å². The summed E-state index contributed by atoms with van der Waals surface area (Å²) in [7, 11) is 0. The van der Waals surface area contributed by atoms with Gasteiger partial charge >= 0.3 is 18.0 Å². The van der Waals surface area contributed by atoms with E-state index >= 15 is 0 Å². The number of amidine groups is 1. The Bertz CT molecular complexity index is 1390. The molecule has 2 N–H and O–H groups in total. The van der Waals surface area contributed by atoms with Crippen molar-refractivity contribution in [3.8, 4) is 5.69 Å². The van der Waals surface area contributed by atoms with Crippen molar-refractivity contribution >= 4 is 34.9 Å². The summed E-state index contributed by atoms with van der Waals surface area (Å²) in [6.45, 7) is 0. The van der Waals surface area contributed by atoms with E-state index in [1.165, 1.54) is 41.4 Å². The number of benzene rings is 2. The summed E-state index contributed by atoms with van der Waals surface area (Å²) >= 11 is 11.6. The molecular weight excluding hydrogens is 513 g/mol. The van der Waals surface area contributed by atoms with Crippen molar-refractivity contribution in [2.24, 2.45) is 4.99 Å². The molecule has 0 atom stereocenters. The van der Waals surface area contributed by atoms with Crippen molar-refractivity contribution in [3.05, 3.63) is 90.5 Å². The zero-order valence-electron chi connectivity index (χ0n) is 16.4. The van der Waals surface area contributed by atoms with Gasteiger partial charge in [-0.05, 0) is 48.5 Å². The van der Waals surface area contributed by atoms with Gasteiger partial charge in [0.25, 0.3) is 11.1 Å². The molecule has 3 aromatic rings. The van der Waals surface area contributed by atoms with Gasteiger partial charge in [0, 0.05) is 15.6 Å². The van der Waals surface area contributed by atoms with Crippen LogP contribution in [-0.2, 0) is 5.54 Å². The van der Waals surface area contributed by atoms with Gasteiger partial charge in [0.1, 0.15) is 17.2 Å². The third kappa shape index (κ3) is 3.66. The van der Waals surface area contributed by atoms with Crippen molar-refractivity contribution in [1.29, 1.82) is 0 Å². The number of hydrogen-bond acceptors (Lipinski definition) is 4. The number of aliphatic imine (C=N–C) groups is 1. The summed E-state index contributed by atoms with van der Waals surface area (Å²) in [5.74, 6) is -1.93. The molecule has 0 amide bonds. The van der Waals surface area contributed by atoms with E-state index in [0.717, 1.165) is 12.1 Å². The predicted molar refractivity (Wildman–Crippen MR) is 113 cm³/mol. The number of nitrogens with zero attached hydrogens (tertiary/aromatic N) is 2. The second-order valence-electron chi connectivity index (χ2n) is 7.09. The highest BCUT2D eigenvalue weighted by atomic mass is 35.5. The van der Waals surface area contributed by atoms with E-state index in [1.807, 2.05) is 0 Å². The lowest BCUT2D eigenvalue weighted by atomic mass is 9.87. The number of aromatic amines is 1. The second kappa shape index (κ2) is 7.91. The smallest absolute Gasteiger partial charge is 0.325 e. The lowest BCUT2D eigenvalue weighted by Gasteiger charge is -2.38. The minimum Gasteiger partial charge on any atom is -0.325 e. The molecule has 0 saturated carbocycles. The molecule has 14 heteroatoms. The predicted octanol–water partition coefficient (Wildman–Crippen LogP) is 5.02. The number of rotatable bonds is 2. The molecule has 0 radical (unpaired) electrons. The standard InChI is InChI=1S/C20H10Cl2F6N4O2/c21-10-3-1-9(2-4-10)14-29-15-13(18(31-14,19(23,24)25)20(26,27)28)16(33)30-17(34)32(15)12-7-5-11(22)6-8-12/h1-8H,(H,29,31)(H,30,33,34). The quantitative estimate of drug-likeness (QED) is 0.463. The normalized spacial score (nSPS) is 15.4. The summed E-state index contributed by atoms with van der Waals surface area (Å²) in [5.41, 5.74) is -10.4. The van der Waals surface area contributed by atoms with E-state index in [2.05, 4.69) is 10.3 Å². The lowest BCUT2D eigenvalue weighted by molar-refractivity contribution is -0.301. The zero-order chi connectivity index (χ0) is 25.1. The number of H-pyrrole nitrogens is 1. The zero-order valence-corrected chi connectivity index (χ0v) is 17.9. The highest BCUT2D eigenvalue weighted by Crippen LogP contribution is 2.55. The van der Waals surface area contributed by atoms with E-state index < -0.39 is 46.4 Å². The van der Waals surface area contributed by atoms with Crippen LogP contribution in [0.15, 0.2) is 63.1 Å². The van der Waals surface area contributed by atoms with Gasteiger partial charge in [-0.1, -0.05) is 23.2 Å². The Morgan fingerprint density at radius 2 is 1.32 bits per heavy atom. The molecule has 0 unspecified atom stereocenters. The third-order valence-electron chi connectivity index (χ3n) is 5.01. The molecule has 0 saturated heterocycles. The molecule has 0 bridgehead atoms. The first-order valence-electron chi connectivity index (χ1n) is 9.18. The summed E-state index contributed by atoms with van der Waals surface area (Å²) in [6.07, 6.45) is -12.2. The Morgan fingerprint density at radius 1 is 0.824 bits per heavy atom. The first-order valence-corrected chi connectivity index (χ1v) is 9.94. The molecule has 2 heterocycles. The van der Waals surface area contributed by atoms with Crippen LogP contribution in [0, 0.1) is 0 Å². The Balaban J connectivity index is 2.17. The topological polar surface area (TPSA) is 79.2 Å². The van der Waals surface area contributed by atoms with Gasteiger partial charge < -0.3 is 5.32 Å². The molecule has 4 rings (SSSR count). The maximum absolute atomic E-state index is 14.3. The van der Waals surface area contributed by atoms with E-state index in [9.17, 15) is 35.9 Å². The molecule has 0 aliphatic carbocycles. The van der Waals surface area contributed by atoms with Crippen LogP contribution in [0.5, 0.6) is 0 Å². The lowest BCUT2D eigenvalue weighted by Crippen LogP contribution is -2.59. The molecule has 1 aromatic heterocycles. The van der Waals surface area contributed by atoms with E-state index in [1.54, 1.807) is 0 Å². The summed E-state index contributed by atoms with van der Waals surface area (Å²) in [6, 6.07) is 9.61. The summed E-state index contributed by atoms with van der Waals surface area (Å²) < 4.78 is 86.0. The molecule has 1 aliphatic heterocycles. The number of halogens is 8. The van der Waals surface area contributed by atoms with Crippen LogP contribution in [0.25, 0.3) is 5.69 Å². The molecule has 2 aromatic carbocycles. The molecule has 0 fully saturated rings. The number of nitrogens with one attached hydrogen (secondary N) is 2.